The lowest BCUT2D eigenvalue weighted by molar-refractivity contribution is -0.111. The molecular weight excluding hydrogens is 340 g/mol. The molecule has 5 N–H and O–H groups in total. The summed E-state index contributed by atoms with van der Waals surface area (Å²) in [4.78, 5) is 16.3. The Morgan fingerprint density at radius 3 is 2.70 bits per heavy atom. The number of benzene rings is 2. The van der Waals surface area contributed by atoms with Crippen LogP contribution < -0.4 is 16.4 Å². The molecule has 3 aromatic rings. The molecule has 0 radical (unpaired) electrons. The van der Waals surface area contributed by atoms with Gasteiger partial charge in [-0.15, -0.1) is 0 Å². The van der Waals surface area contributed by atoms with E-state index in [4.69, 9.17) is 5.73 Å². The molecule has 0 unspecified atom stereocenters. The van der Waals surface area contributed by atoms with E-state index in [0.29, 0.717) is 23.7 Å². The van der Waals surface area contributed by atoms with Crippen molar-refractivity contribution < 1.29 is 9.90 Å². The third-order valence-corrected chi connectivity index (χ3v) is 3.82. The van der Waals surface area contributed by atoms with Gasteiger partial charge in [0.2, 0.25) is 5.91 Å². The van der Waals surface area contributed by atoms with Crippen LogP contribution in [0.25, 0.3) is 6.08 Å². The molecule has 1 heterocycles. The topological polar surface area (TPSA) is 100 Å². The van der Waals surface area contributed by atoms with Gasteiger partial charge in [-0.1, -0.05) is 24.3 Å². The Balaban J connectivity index is 1.54. The van der Waals surface area contributed by atoms with Gasteiger partial charge >= 0.3 is 0 Å². The van der Waals surface area contributed by atoms with Gasteiger partial charge in [-0.3, -0.25) is 4.79 Å². The molecule has 1 amide bonds. The lowest BCUT2D eigenvalue weighted by Gasteiger charge is -2.06. The Labute approximate surface area is 157 Å². The zero-order valence-corrected chi connectivity index (χ0v) is 14.6. The number of nitrogens with two attached hydrogens (primary N) is 1. The highest BCUT2D eigenvalue weighted by Gasteiger charge is 2.01. The van der Waals surface area contributed by atoms with Gasteiger partial charge in [0.1, 0.15) is 11.6 Å². The molecule has 6 heteroatoms. The minimum Gasteiger partial charge on any atom is -0.508 e. The van der Waals surface area contributed by atoms with Gasteiger partial charge < -0.3 is 21.5 Å². The minimum atomic E-state index is -0.265. The molecule has 0 atom stereocenters. The van der Waals surface area contributed by atoms with Crippen molar-refractivity contribution in [3.05, 3.63) is 84.1 Å². The van der Waals surface area contributed by atoms with Crippen LogP contribution in [0.3, 0.4) is 0 Å². The predicted molar refractivity (Wildman–Crippen MR) is 108 cm³/mol. The molecule has 0 saturated heterocycles. The summed E-state index contributed by atoms with van der Waals surface area (Å²) in [7, 11) is 0. The first kappa shape index (κ1) is 18.0. The molecule has 136 valence electrons. The summed E-state index contributed by atoms with van der Waals surface area (Å²) < 4.78 is 0. The molecule has 0 fully saturated rings. The summed E-state index contributed by atoms with van der Waals surface area (Å²) in [6.07, 6.45) is 4.79. The Morgan fingerprint density at radius 1 is 1.11 bits per heavy atom. The van der Waals surface area contributed by atoms with E-state index in [9.17, 15) is 9.90 Å². The van der Waals surface area contributed by atoms with Crippen LogP contribution >= 0.6 is 0 Å². The van der Waals surface area contributed by atoms with Crippen molar-refractivity contribution in [1.29, 1.82) is 0 Å². The normalized spacial score (nSPS) is 10.7. The number of carbonyl (C=O) groups is 1. The molecule has 3 rings (SSSR count). The van der Waals surface area contributed by atoms with Crippen molar-refractivity contribution in [2.24, 2.45) is 0 Å². The Bertz CT molecular complexity index is 952. The van der Waals surface area contributed by atoms with E-state index in [0.717, 1.165) is 11.1 Å². The summed E-state index contributed by atoms with van der Waals surface area (Å²) in [6, 6.07) is 17.8. The molecular formula is C21H20N4O2. The summed E-state index contributed by atoms with van der Waals surface area (Å²) in [5, 5.41) is 15.4. The van der Waals surface area contributed by atoms with Gasteiger partial charge in [0, 0.05) is 18.8 Å². The molecule has 1 aromatic heterocycles. The maximum Gasteiger partial charge on any atom is 0.248 e. The van der Waals surface area contributed by atoms with Crippen molar-refractivity contribution in [2.45, 2.75) is 6.54 Å². The summed E-state index contributed by atoms with van der Waals surface area (Å²) >= 11 is 0. The number of nitrogen functional groups attached to an aromatic ring is 1. The van der Waals surface area contributed by atoms with Gasteiger partial charge in [0.05, 0.1) is 11.4 Å². The highest BCUT2D eigenvalue weighted by molar-refractivity contribution is 6.03. The van der Waals surface area contributed by atoms with Crippen molar-refractivity contribution in [2.75, 3.05) is 16.4 Å². The molecule has 0 aliphatic heterocycles. The zero-order valence-electron chi connectivity index (χ0n) is 14.6. The highest BCUT2D eigenvalue weighted by Crippen LogP contribution is 2.17. The standard InChI is InChI=1S/C21H20N4O2/c22-18-6-1-2-7-19(18)25-21(27)11-9-15-8-10-20(23-13-15)24-14-16-4-3-5-17(26)12-16/h1-13,26H,14,22H2,(H,23,24)(H,25,27)/b11-9-. The SMILES string of the molecule is Nc1ccccc1NC(=O)/C=C\c1ccc(NCc2cccc(O)c2)nc1. The monoisotopic (exact) mass is 360 g/mol. The number of phenols is 1. The van der Waals surface area contributed by atoms with Crippen LogP contribution in [-0.4, -0.2) is 16.0 Å². The highest BCUT2D eigenvalue weighted by atomic mass is 16.3. The van der Waals surface area contributed by atoms with Crippen LogP contribution in [0.2, 0.25) is 0 Å². The Morgan fingerprint density at radius 2 is 1.96 bits per heavy atom. The third-order valence-electron chi connectivity index (χ3n) is 3.82. The van der Waals surface area contributed by atoms with Crippen LogP contribution in [0.15, 0.2) is 72.9 Å². The average Bonchev–Trinajstić information content (AvgIpc) is 2.67. The first-order chi connectivity index (χ1) is 13.1. The van der Waals surface area contributed by atoms with Gasteiger partial charge in [0.25, 0.3) is 0 Å². The maximum atomic E-state index is 12.0. The van der Waals surface area contributed by atoms with Crippen molar-refractivity contribution in [3.63, 3.8) is 0 Å². The Hall–Kier alpha value is -3.80. The molecule has 0 bridgehead atoms. The van der Waals surface area contributed by atoms with Crippen LogP contribution in [0.4, 0.5) is 17.2 Å². The molecule has 0 aliphatic carbocycles. The fraction of sp³-hybridized carbons (Fsp3) is 0.0476. The van der Waals surface area contributed by atoms with Gasteiger partial charge in [-0.05, 0) is 53.6 Å². The average molecular weight is 360 g/mol. The summed E-state index contributed by atoms with van der Waals surface area (Å²) in [5.41, 5.74) is 8.66. The van der Waals surface area contributed by atoms with Gasteiger partial charge in [-0.2, -0.15) is 0 Å². The van der Waals surface area contributed by atoms with Crippen LogP contribution in [-0.2, 0) is 11.3 Å². The predicted octanol–water partition coefficient (Wildman–Crippen LogP) is 3.63. The second kappa shape index (κ2) is 8.53. The van der Waals surface area contributed by atoms with Crippen molar-refractivity contribution in [3.8, 4) is 5.75 Å². The quantitative estimate of drug-likeness (QED) is 0.397. The minimum absolute atomic E-state index is 0.235. The van der Waals surface area contributed by atoms with Crippen LogP contribution in [0.1, 0.15) is 11.1 Å². The molecule has 0 aliphatic rings. The zero-order chi connectivity index (χ0) is 19.1. The molecule has 2 aromatic carbocycles. The number of nitrogens with one attached hydrogen (secondary N) is 2. The number of nitrogens with zero attached hydrogens (tertiary/aromatic N) is 1. The number of aromatic nitrogens is 1. The number of anilines is 3. The number of amides is 1. The first-order valence-corrected chi connectivity index (χ1v) is 8.41. The fourth-order valence-electron chi connectivity index (χ4n) is 2.42. The van der Waals surface area contributed by atoms with E-state index in [1.54, 1.807) is 42.6 Å². The number of para-hydroxylation sites is 2. The number of phenolic OH excluding ortho intramolecular Hbond substituents is 1. The molecule has 0 spiro atoms. The summed E-state index contributed by atoms with van der Waals surface area (Å²) in [6.45, 7) is 0.553. The fourth-order valence-corrected chi connectivity index (χ4v) is 2.42. The third kappa shape index (κ3) is 5.34. The number of pyridine rings is 1. The van der Waals surface area contributed by atoms with Gasteiger partial charge in [0.15, 0.2) is 0 Å². The number of carbonyl (C=O) groups excluding carboxylic acids is 1. The van der Waals surface area contributed by atoms with E-state index in [1.807, 2.05) is 30.3 Å². The van der Waals surface area contributed by atoms with E-state index < -0.39 is 0 Å². The molecule has 0 saturated carbocycles. The van der Waals surface area contributed by atoms with Crippen molar-refractivity contribution in [1.82, 2.24) is 4.98 Å². The van der Waals surface area contributed by atoms with E-state index in [2.05, 4.69) is 15.6 Å². The van der Waals surface area contributed by atoms with E-state index in [-0.39, 0.29) is 11.7 Å². The number of hydrogen-bond donors (Lipinski definition) is 4. The molecule has 6 nitrogen and oxygen atoms in total. The Kier molecular flexibility index (Phi) is 5.69. The summed E-state index contributed by atoms with van der Waals surface area (Å²) in [5.74, 6) is 0.675. The lowest BCUT2D eigenvalue weighted by Crippen LogP contribution is -2.09. The van der Waals surface area contributed by atoms with Crippen molar-refractivity contribution >= 4 is 29.2 Å². The number of aromatic hydroxyl groups is 1. The maximum absolute atomic E-state index is 12.0. The van der Waals surface area contributed by atoms with Gasteiger partial charge in [-0.25, -0.2) is 4.98 Å². The van der Waals surface area contributed by atoms with E-state index in [1.165, 1.54) is 6.08 Å². The van der Waals surface area contributed by atoms with E-state index >= 15 is 0 Å². The lowest BCUT2D eigenvalue weighted by atomic mass is 10.2. The second-order valence-corrected chi connectivity index (χ2v) is 5.91. The first-order valence-electron chi connectivity index (χ1n) is 8.41. The van der Waals surface area contributed by atoms with Crippen LogP contribution in [0.5, 0.6) is 5.75 Å². The largest absolute Gasteiger partial charge is 0.508 e. The second-order valence-electron chi connectivity index (χ2n) is 5.91. The molecule has 27 heavy (non-hydrogen) atoms. The van der Waals surface area contributed by atoms with Crippen LogP contribution in [0, 0.1) is 0 Å². The smallest absolute Gasteiger partial charge is 0.248 e. The number of hydrogen-bond acceptors (Lipinski definition) is 5. The number of rotatable bonds is 6.